The molecule has 2 unspecified atom stereocenters. The molecule has 2 aromatic rings. The van der Waals surface area contributed by atoms with Crippen LogP contribution >= 0.6 is 11.8 Å². The highest BCUT2D eigenvalue weighted by molar-refractivity contribution is 7.99. The van der Waals surface area contributed by atoms with Crippen LogP contribution in [0.1, 0.15) is 58.6 Å². The van der Waals surface area contributed by atoms with E-state index in [9.17, 15) is 13.2 Å². The Hall–Kier alpha value is -2.23. The molecule has 2 rings (SSSR count). The van der Waals surface area contributed by atoms with Crippen LogP contribution in [0.15, 0.2) is 54.6 Å². The third kappa shape index (κ3) is 13.0. The van der Waals surface area contributed by atoms with Gasteiger partial charge in [0.05, 0.1) is 19.5 Å². The van der Waals surface area contributed by atoms with Crippen LogP contribution < -0.4 is 10.1 Å². The standard InChI is InChI=1S/C29H43NO6S2/c1-22(2)18-27(37-20-24-12-14-25(34-6)15-13-24)26(16-17-38(32,33)36-21-29(3,4)5)30-28(31)35-19-23-10-8-7-9-11-23/h7-15,22,26-27H,16-21H2,1-6H3,(H,30,31). The average molecular weight is 566 g/mol. The fraction of sp³-hybridized carbons (Fsp3) is 0.552. The fourth-order valence-electron chi connectivity index (χ4n) is 3.60. The van der Waals surface area contributed by atoms with E-state index in [0.717, 1.165) is 23.3 Å². The Morgan fingerprint density at radius 3 is 2.24 bits per heavy atom. The summed E-state index contributed by atoms with van der Waals surface area (Å²) in [6.07, 6.45) is 0.457. The molecule has 0 radical (unpaired) electrons. The number of hydrogen-bond acceptors (Lipinski definition) is 7. The molecule has 0 bridgehead atoms. The van der Waals surface area contributed by atoms with Crippen LogP contribution in [0.5, 0.6) is 5.75 Å². The van der Waals surface area contributed by atoms with Crippen molar-refractivity contribution in [2.24, 2.45) is 11.3 Å². The maximum absolute atomic E-state index is 12.8. The summed E-state index contributed by atoms with van der Waals surface area (Å²) in [4.78, 5) is 12.8. The third-order valence-corrected chi connectivity index (χ3v) is 8.30. The monoisotopic (exact) mass is 565 g/mol. The molecule has 9 heteroatoms. The summed E-state index contributed by atoms with van der Waals surface area (Å²) in [5.74, 6) is 1.66. The van der Waals surface area contributed by atoms with Crippen molar-refractivity contribution in [3.8, 4) is 5.75 Å². The highest BCUT2D eigenvalue weighted by atomic mass is 32.2. The molecule has 212 valence electrons. The van der Waals surface area contributed by atoms with Crippen LogP contribution in [0.2, 0.25) is 0 Å². The molecule has 2 atom stereocenters. The van der Waals surface area contributed by atoms with Crippen molar-refractivity contribution < 1.29 is 26.9 Å². The van der Waals surface area contributed by atoms with Crippen molar-refractivity contribution in [3.05, 3.63) is 65.7 Å². The van der Waals surface area contributed by atoms with Crippen molar-refractivity contribution in [1.82, 2.24) is 5.32 Å². The molecule has 7 nitrogen and oxygen atoms in total. The molecule has 0 saturated heterocycles. The van der Waals surface area contributed by atoms with E-state index in [1.807, 2.05) is 75.4 Å². The Labute approximate surface area is 233 Å². The fourth-order valence-corrected chi connectivity index (χ4v) is 6.35. The molecular formula is C29H43NO6S2. The van der Waals surface area contributed by atoms with Gasteiger partial charge in [-0.2, -0.15) is 20.2 Å². The predicted octanol–water partition coefficient (Wildman–Crippen LogP) is 6.42. The number of rotatable bonds is 15. The molecule has 2 aromatic carbocycles. The van der Waals surface area contributed by atoms with E-state index in [-0.39, 0.29) is 36.1 Å². The molecule has 0 fully saturated rings. The first-order valence-corrected chi connectivity index (χ1v) is 15.6. The van der Waals surface area contributed by atoms with Gasteiger partial charge in [-0.25, -0.2) is 4.79 Å². The SMILES string of the molecule is COc1ccc(CSC(CC(C)C)C(CCS(=O)(=O)OCC(C)(C)C)NC(=O)OCc2ccccc2)cc1. The van der Waals surface area contributed by atoms with Crippen molar-refractivity contribution >= 4 is 28.0 Å². The van der Waals surface area contributed by atoms with Crippen molar-refractivity contribution in [2.45, 2.75) is 71.1 Å². The number of amides is 1. The highest BCUT2D eigenvalue weighted by Crippen LogP contribution is 2.29. The number of methoxy groups -OCH3 is 1. The van der Waals surface area contributed by atoms with E-state index in [0.29, 0.717) is 11.7 Å². The lowest BCUT2D eigenvalue weighted by molar-refractivity contribution is 0.134. The number of nitrogens with one attached hydrogen (secondary N) is 1. The number of alkyl carbamates (subject to hydrolysis) is 1. The van der Waals surface area contributed by atoms with E-state index >= 15 is 0 Å². The van der Waals surface area contributed by atoms with Gasteiger partial charge in [0.2, 0.25) is 0 Å². The summed E-state index contributed by atoms with van der Waals surface area (Å²) in [5, 5.41) is 2.94. The normalized spacial score (nSPS) is 13.7. The van der Waals surface area contributed by atoms with Gasteiger partial charge < -0.3 is 14.8 Å². The molecule has 1 N–H and O–H groups in total. The number of carbonyl (C=O) groups is 1. The zero-order valence-corrected chi connectivity index (χ0v) is 25.1. The van der Waals surface area contributed by atoms with E-state index < -0.39 is 22.3 Å². The summed E-state index contributed by atoms with van der Waals surface area (Å²) in [6, 6.07) is 16.9. The molecule has 38 heavy (non-hydrogen) atoms. The third-order valence-electron chi connectivity index (χ3n) is 5.64. The number of ether oxygens (including phenoxy) is 2. The van der Waals surface area contributed by atoms with Crippen LogP contribution in [0.25, 0.3) is 0 Å². The minimum Gasteiger partial charge on any atom is -0.497 e. The molecule has 0 aliphatic rings. The Morgan fingerprint density at radius 2 is 1.66 bits per heavy atom. The summed E-state index contributed by atoms with van der Waals surface area (Å²) in [6.45, 7) is 10.2. The van der Waals surface area contributed by atoms with Gasteiger partial charge in [0, 0.05) is 17.0 Å². The van der Waals surface area contributed by atoms with E-state index in [4.69, 9.17) is 13.7 Å². The maximum atomic E-state index is 12.8. The van der Waals surface area contributed by atoms with Crippen molar-refractivity contribution in [1.29, 1.82) is 0 Å². The van der Waals surface area contributed by atoms with Gasteiger partial charge in [0.1, 0.15) is 12.4 Å². The lowest BCUT2D eigenvalue weighted by Crippen LogP contribution is -2.44. The Morgan fingerprint density at radius 1 is 1.00 bits per heavy atom. The van der Waals surface area contributed by atoms with Crippen LogP contribution in [-0.2, 0) is 31.4 Å². The zero-order valence-electron chi connectivity index (χ0n) is 23.4. The first-order valence-electron chi connectivity index (χ1n) is 13.0. The summed E-state index contributed by atoms with van der Waals surface area (Å²) in [7, 11) is -2.12. The second-order valence-electron chi connectivity index (χ2n) is 11.0. The molecule has 0 aliphatic carbocycles. The number of hydrogen-bond donors (Lipinski definition) is 1. The van der Waals surface area contributed by atoms with E-state index in [1.54, 1.807) is 18.9 Å². The van der Waals surface area contributed by atoms with Gasteiger partial charge >= 0.3 is 6.09 Å². The molecule has 1 amide bonds. The topological polar surface area (TPSA) is 90.9 Å². The molecule has 0 spiro atoms. The average Bonchev–Trinajstić information content (AvgIpc) is 2.87. The highest BCUT2D eigenvalue weighted by Gasteiger charge is 2.28. The van der Waals surface area contributed by atoms with Crippen LogP contribution in [0.4, 0.5) is 4.79 Å². The maximum Gasteiger partial charge on any atom is 0.407 e. The first kappa shape index (κ1) is 32.0. The van der Waals surface area contributed by atoms with Crippen molar-refractivity contribution in [3.63, 3.8) is 0 Å². The van der Waals surface area contributed by atoms with Crippen LogP contribution in [0, 0.1) is 11.3 Å². The van der Waals surface area contributed by atoms with Gasteiger partial charge in [-0.3, -0.25) is 4.18 Å². The quantitative estimate of drug-likeness (QED) is 0.249. The zero-order chi connectivity index (χ0) is 28.2. The van der Waals surface area contributed by atoms with Gasteiger partial charge in [0.15, 0.2) is 0 Å². The Bertz CT molecular complexity index is 1070. The molecule has 0 aliphatic heterocycles. The number of carbonyl (C=O) groups excluding carboxylic acids is 1. The number of thioether (sulfide) groups is 1. The molecular weight excluding hydrogens is 522 g/mol. The lowest BCUT2D eigenvalue weighted by atomic mass is 9.99. The largest absolute Gasteiger partial charge is 0.497 e. The second-order valence-corrected chi connectivity index (χ2v) is 14.0. The van der Waals surface area contributed by atoms with Gasteiger partial charge in [-0.1, -0.05) is 77.1 Å². The number of benzene rings is 2. The van der Waals surface area contributed by atoms with Gasteiger partial charge in [-0.05, 0) is 47.4 Å². The van der Waals surface area contributed by atoms with E-state index in [1.165, 1.54) is 0 Å². The molecule has 0 heterocycles. The van der Waals surface area contributed by atoms with Gasteiger partial charge in [0.25, 0.3) is 10.1 Å². The van der Waals surface area contributed by atoms with Gasteiger partial charge in [-0.15, -0.1) is 0 Å². The lowest BCUT2D eigenvalue weighted by Gasteiger charge is -2.29. The van der Waals surface area contributed by atoms with Crippen LogP contribution in [-0.4, -0.2) is 45.3 Å². The van der Waals surface area contributed by atoms with Crippen LogP contribution in [0.3, 0.4) is 0 Å². The summed E-state index contributed by atoms with van der Waals surface area (Å²) >= 11 is 1.70. The summed E-state index contributed by atoms with van der Waals surface area (Å²) in [5.41, 5.74) is 1.72. The van der Waals surface area contributed by atoms with E-state index in [2.05, 4.69) is 19.2 Å². The van der Waals surface area contributed by atoms with Crippen molar-refractivity contribution in [2.75, 3.05) is 19.5 Å². The Balaban J connectivity index is 2.14. The minimum absolute atomic E-state index is 0.0285. The predicted molar refractivity (Wildman–Crippen MR) is 155 cm³/mol. The minimum atomic E-state index is -3.75. The molecule has 0 aromatic heterocycles. The Kier molecular flexibility index (Phi) is 12.9. The molecule has 0 saturated carbocycles. The summed E-state index contributed by atoms with van der Waals surface area (Å²) < 4.78 is 41.4. The smallest absolute Gasteiger partial charge is 0.407 e. The second kappa shape index (κ2) is 15.4. The first-order chi connectivity index (χ1) is 17.9.